The van der Waals surface area contributed by atoms with Crippen molar-refractivity contribution in [3.8, 4) is 0 Å². The zero-order valence-electron chi connectivity index (χ0n) is 10.2. The zero-order valence-corrected chi connectivity index (χ0v) is 10.2. The Labute approximate surface area is 98.4 Å². The molecule has 0 amide bonds. The number of piperidine rings is 1. The Balaban J connectivity index is 1.91. The molecular formula is C14H22N2. The van der Waals surface area contributed by atoms with Crippen molar-refractivity contribution >= 4 is 11.4 Å². The summed E-state index contributed by atoms with van der Waals surface area (Å²) in [5, 5.41) is 0. The lowest BCUT2D eigenvalue weighted by Gasteiger charge is -2.33. The number of hydrogen-bond acceptors (Lipinski definition) is 2. The van der Waals surface area contributed by atoms with Crippen LogP contribution in [0.3, 0.4) is 0 Å². The molecule has 2 N–H and O–H groups in total. The number of nitrogen functional groups attached to an aromatic ring is 1. The van der Waals surface area contributed by atoms with Crippen LogP contribution in [0.5, 0.6) is 0 Å². The highest BCUT2D eigenvalue weighted by atomic mass is 15.1. The normalized spacial score (nSPS) is 17.7. The molecule has 0 aromatic heterocycles. The number of nitrogens with zero attached hydrogens (tertiary/aromatic N) is 1. The van der Waals surface area contributed by atoms with Crippen molar-refractivity contribution in [1.82, 2.24) is 0 Å². The highest BCUT2D eigenvalue weighted by Gasteiger charge is 2.18. The van der Waals surface area contributed by atoms with Crippen LogP contribution in [0.4, 0.5) is 11.4 Å². The van der Waals surface area contributed by atoms with Gasteiger partial charge in [0, 0.05) is 24.5 Å². The average molecular weight is 218 g/mol. The van der Waals surface area contributed by atoms with E-state index in [2.05, 4.69) is 24.0 Å². The second-order valence-corrected chi connectivity index (χ2v) is 4.81. The first kappa shape index (κ1) is 11.3. The maximum absolute atomic E-state index is 5.70. The van der Waals surface area contributed by atoms with Gasteiger partial charge in [-0.1, -0.05) is 19.8 Å². The molecule has 0 unspecified atom stereocenters. The quantitative estimate of drug-likeness (QED) is 0.789. The monoisotopic (exact) mass is 218 g/mol. The van der Waals surface area contributed by atoms with Crippen molar-refractivity contribution < 1.29 is 0 Å². The third kappa shape index (κ3) is 2.69. The maximum atomic E-state index is 5.70. The molecule has 0 atom stereocenters. The van der Waals surface area contributed by atoms with Gasteiger partial charge in [0.25, 0.3) is 0 Å². The van der Waals surface area contributed by atoms with Crippen LogP contribution in [-0.4, -0.2) is 13.1 Å². The van der Waals surface area contributed by atoms with Gasteiger partial charge in [0.15, 0.2) is 0 Å². The molecule has 0 saturated carbocycles. The van der Waals surface area contributed by atoms with Crippen molar-refractivity contribution in [2.45, 2.75) is 32.6 Å². The highest BCUT2D eigenvalue weighted by Crippen LogP contribution is 2.26. The van der Waals surface area contributed by atoms with E-state index in [1.807, 2.05) is 12.1 Å². The minimum atomic E-state index is 0.851. The standard InChI is InChI=1S/C14H22N2/c1-2-3-12-8-10-16(11-9-12)14-6-4-13(15)5-7-14/h4-7,12H,2-3,8-11,15H2,1H3. The van der Waals surface area contributed by atoms with Crippen LogP contribution in [0.25, 0.3) is 0 Å². The van der Waals surface area contributed by atoms with Crippen LogP contribution in [-0.2, 0) is 0 Å². The molecule has 2 heteroatoms. The Morgan fingerprint density at radius 2 is 1.81 bits per heavy atom. The summed E-state index contributed by atoms with van der Waals surface area (Å²) < 4.78 is 0. The van der Waals surface area contributed by atoms with Gasteiger partial charge in [0.2, 0.25) is 0 Å². The van der Waals surface area contributed by atoms with Gasteiger partial charge in [-0.2, -0.15) is 0 Å². The van der Waals surface area contributed by atoms with Crippen LogP contribution in [0.2, 0.25) is 0 Å². The van der Waals surface area contributed by atoms with Gasteiger partial charge in [0.05, 0.1) is 0 Å². The minimum absolute atomic E-state index is 0.851. The van der Waals surface area contributed by atoms with Crippen LogP contribution in [0.1, 0.15) is 32.6 Å². The Hall–Kier alpha value is -1.18. The van der Waals surface area contributed by atoms with E-state index in [-0.39, 0.29) is 0 Å². The molecule has 16 heavy (non-hydrogen) atoms. The van der Waals surface area contributed by atoms with Crippen LogP contribution < -0.4 is 10.6 Å². The van der Waals surface area contributed by atoms with Gasteiger partial charge in [-0.15, -0.1) is 0 Å². The molecule has 88 valence electrons. The third-order valence-corrected chi connectivity index (χ3v) is 3.57. The Morgan fingerprint density at radius 1 is 1.19 bits per heavy atom. The van der Waals surface area contributed by atoms with Crippen molar-refractivity contribution in [2.75, 3.05) is 23.7 Å². The summed E-state index contributed by atoms with van der Waals surface area (Å²) in [7, 11) is 0. The summed E-state index contributed by atoms with van der Waals surface area (Å²) in [6.45, 7) is 4.69. The molecule has 2 rings (SSSR count). The lowest BCUT2D eigenvalue weighted by atomic mass is 9.92. The molecule has 1 fully saturated rings. The van der Waals surface area contributed by atoms with E-state index in [1.54, 1.807) is 0 Å². The van der Waals surface area contributed by atoms with Gasteiger partial charge in [-0.3, -0.25) is 0 Å². The number of rotatable bonds is 3. The molecule has 0 bridgehead atoms. The van der Waals surface area contributed by atoms with E-state index >= 15 is 0 Å². The highest BCUT2D eigenvalue weighted by molar-refractivity contribution is 5.53. The van der Waals surface area contributed by atoms with Crippen molar-refractivity contribution in [2.24, 2.45) is 5.92 Å². The fourth-order valence-corrected chi connectivity index (χ4v) is 2.57. The Bertz CT molecular complexity index is 310. The first-order valence-corrected chi connectivity index (χ1v) is 6.40. The van der Waals surface area contributed by atoms with Gasteiger partial charge in [0.1, 0.15) is 0 Å². The average Bonchev–Trinajstić information content (AvgIpc) is 2.32. The maximum Gasteiger partial charge on any atom is 0.0367 e. The SMILES string of the molecule is CCCC1CCN(c2ccc(N)cc2)CC1. The molecule has 1 heterocycles. The fraction of sp³-hybridized carbons (Fsp3) is 0.571. The first-order valence-electron chi connectivity index (χ1n) is 6.40. The summed E-state index contributed by atoms with van der Waals surface area (Å²) >= 11 is 0. The van der Waals surface area contributed by atoms with E-state index in [9.17, 15) is 0 Å². The molecule has 2 nitrogen and oxygen atoms in total. The molecule has 1 aromatic carbocycles. The second-order valence-electron chi connectivity index (χ2n) is 4.81. The number of anilines is 2. The Morgan fingerprint density at radius 3 is 2.38 bits per heavy atom. The number of hydrogen-bond donors (Lipinski definition) is 1. The lowest BCUT2D eigenvalue weighted by molar-refractivity contribution is 0.378. The molecule has 1 aromatic rings. The summed E-state index contributed by atoms with van der Waals surface area (Å²) in [4.78, 5) is 2.48. The molecule has 1 aliphatic heterocycles. The molecule has 0 radical (unpaired) electrons. The van der Waals surface area contributed by atoms with E-state index in [0.29, 0.717) is 0 Å². The smallest absolute Gasteiger partial charge is 0.0367 e. The molecule has 1 aliphatic rings. The summed E-state index contributed by atoms with van der Waals surface area (Å²) in [6, 6.07) is 8.26. The number of benzene rings is 1. The van der Waals surface area contributed by atoms with E-state index in [4.69, 9.17) is 5.73 Å². The van der Waals surface area contributed by atoms with Crippen molar-refractivity contribution in [3.05, 3.63) is 24.3 Å². The largest absolute Gasteiger partial charge is 0.399 e. The Kier molecular flexibility index (Phi) is 3.70. The molecular weight excluding hydrogens is 196 g/mol. The lowest BCUT2D eigenvalue weighted by Crippen LogP contribution is -2.33. The van der Waals surface area contributed by atoms with Crippen LogP contribution >= 0.6 is 0 Å². The topological polar surface area (TPSA) is 29.3 Å². The fourth-order valence-electron chi connectivity index (χ4n) is 2.57. The van der Waals surface area contributed by atoms with Gasteiger partial charge in [-0.25, -0.2) is 0 Å². The van der Waals surface area contributed by atoms with Crippen molar-refractivity contribution in [3.63, 3.8) is 0 Å². The van der Waals surface area contributed by atoms with Crippen LogP contribution in [0.15, 0.2) is 24.3 Å². The predicted octanol–water partition coefficient (Wildman–Crippen LogP) is 3.29. The molecule has 1 saturated heterocycles. The van der Waals surface area contributed by atoms with E-state index < -0.39 is 0 Å². The van der Waals surface area contributed by atoms with Gasteiger partial charge in [-0.05, 0) is 43.0 Å². The van der Waals surface area contributed by atoms with Gasteiger partial charge < -0.3 is 10.6 Å². The first-order chi connectivity index (χ1) is 7.79. The van der Waals surface area contributed by atoms with Crippen molar-refractivity contribution in [1.29, 1.82) is 0 Å². The predicted molar refractivity (Wildman–Crippen MR) is 70.7 cm³/mol. The molecule has 0 spiro atoms. The van der Waals surface area contributed by atoms with Crippen LogP contribution in [0, 0.1) is 5.92 Å². The minimum Gasteiger partial charge on any atom is -0.399 e. The number of nitrogens with two attached hydrogens (primary N) is 1. The zero-order chi connectivity index (χ0) is 11.4. The second kappa shape index (κ2) is 5.24. The van der Waals surface area contributed by atoms with E-state index in [0.717, 1.165) is 11.6 Å². The van der Waals surface area contributed by atoms with Gasteiger partial charge >= 0.3 is 0 Å². The third-order valence-electron chi connectivity index (χ3n) is 3.57. The van der Waals surface area contributed by atoms with E-state index in [1.165, 1.54) is 44.5 Å². The summed E-state index contributed by atoms with van der Waals surface area (Å²) in [6.07, 6.45) is 5.42. The molecule has 0 aliphatic carbocycles. The summed E-state index contributed by atoms with van der Waals surface area (Å²) in [5.41, 5.74) is 7.87. The summed E-state index contributed by atoms with van der Waals surface area (Å²) in [5.74, 6) is 0.954.